The number of carboxylic acids is 1. The molecular formula is C16H19F3N4O2. The maximum atomic E-state index is 13.4. The Morgan fingerprint density at radius 1 is 1.36 bits per heavy atom. The van der Waals surface area contributed by atoms with Gasteiger partial charge in [-0.2, -0.15) is 18.3 Å². The normalized spacial score (nSPS) is 16.6. The lowest BCUT2D eigenvalue weighted by atomic mass is 9.93. The summed E-state index contributed by atoms with van der Waals surface area (Å²) in [5.74, 6) is -0.545. The third-order valence-electron chi connectivity index (χ3n) is 4.56. The fourth-order valence-electron chi connectivity index (χ4n) is 3.20. The lowest BCUT2D eigenvalue weighted by Crippen LogP contribution is -2.35. The number of hydrogen-bond acceptors (Lipinski definition) is 4. The van der Waals surface area contributed by atoms with Gasteiger partial charge in [0.1, 0.15) is 5.82 Å². The van der Waals surface area contributed by atoms with Gasteiger partial charge in [0.15, 0.2) is 5.65 Å². The molecule has 1 aliphatic heterocycles. The van der Waals surface area contributed by atoms with Crippen molar-refractivity contribution in [1.82, 2.24) is 14.8 Å². The second-order valence-electron chi connectivity index (χ2n) is 6.28. The number of fused-ring (bicyclic) bond motifs is 1. The first-order valence-corrected chi connectivity index (χ1v) is 8.20. The van der Waals surface area contributed by atoms with Crippen molar-refractivity contribution in [3.8, 4) is 0 Å². The quantitative estimate of drug-likeness (QED) is 0.911. The molecule has 6 nitrogen and oxygen atoms in total. The molecule has 0 spiro atoms. The van der Waals surface area contributed by atoms with E-state index in [1.807, 2.05) is 0 Å². The molecule has 9 heteroatoms. The van der Waals surface area contributed by atoms with E-state index in [-0.39, 0.29) is 29.2 Å². The minimum Gasteiger partial charge on any atom is -0.481 e. The summed E-state index contributed by atoms with van der Waals surface area (Å²) in [5.41, 5.74) is -0.654. The highest BCUT2D eigenvalue weighted by Crippen LogP contribution is 2.37. The number of pyridine rings is 1. The van der Waals surface area contributed by atoms with Crippen LogP contribution < -0.4 is 4.90 Å². The minimum absolute atomic E-state index is 0.00105. The molecule has 0 aromatic carbocycles. The van der Waals surface area contributed by atoms with Crippen LogP contribution in [-0.2, 0) is 17.5 Å². The first kappa shape index (κ1) is 17.5. The van der Waals surface area contributed by atoms with E-state index in [1.165, 1.54) is 10.9 Å². The number of piperidine rings is 1. The number of anilines is 1. The lowest BCUT2D eigenvalue weighted by molar-refractivity contribution is -0.138. The molecule has 1 fully saturated rings. The van der Waals surface area contributed by atoms with Gasteiger partial charge in [-0.1, -0.05) is 0 Å². The Morgan fingerprint density at radius 3 is 2.60 bits per heavy atom. The van der Waals surface area contributed by atoms with Gasteiger partial charge >= 0.3 is 12.1 Å². The van der Waals surface area contributed by atoms with Gasteiger partial charge in [-0.15, -0.1) is 0 Å². The largest absolute Gasteiger partial charge is 0.481 e. The Kier molecular flexibility index (Phi) is 4.57. The smallest absolute Gasteiger partial charge is 0.417 e. The molecule has 25 heavy (non-hydrogen) atoms. The van der Waals surface area contributed by atoms with Crippen molar-refractivity contribution in [2.75, 3.05) is 18.0 Å². The van der Waals surface area contributed by atoms with Crippen molar-refractivity contribution >= 4 is 22.8 Å². The van der Waals surface area contributed by atoms with Crippen LogP contribution in [0.25, 0.3) is 11.0 Å². The van der Waals surface area contributed by atoms with Crippen molar-refractivity contribution < 1.29 is 23.1 Å². The van der Waals surface area contributed by atoms with Crippen molar-refractivity contribution in [3.63, 3.8) is 0 Å². The van der Waals surface area contributed by atoms with Gasteiger partial charge in [-0.05, 0) is 31.7 Å². The van der Waals surface area contributed by atoms with E-state index >= 15 is 0 Å². The van der Waals surface area contributed by atoms with E-state index < -0.39 is 17.7 Å². The number of halogens is 3. The Labute approximate surface area is 142 Å². The highest BCUT2D eigenvalue weighted by atomic mass is 19.4. The van der Waals surface area contributed by atoms with Crippen molar-refractivity contribution in [1.29, 1.82) is 0 Å². The molecule has 0 bridgehead atoms. The summed E-state index contributed by atoms with van der Waals surface area (Å²) in [4.78, 5) is 16.9. The number of carboxylic acid groups (broad SMARTS) is 1. The summed E-state index contributed by atoms with van der Waals surface area (Å²) in [6, 6.07) is 1.07. The molecule has 0 radical (unpaired) electrons. The number of rotatable bonds is 4. The second kappa shape index (κ2) is 6.53. The molecule has 2 aromatic rings. The van der Waals surface area contributed by atoms with Gasteiger partial charge in [0.2, 0.25) is 0 Å². The summed E-state index contributed by atoms with van der Waals surface area (Å²) in [5, 5.41) is 13.0. The topological polar surface area (TPSA) is 71.2 Å². The van der Waals surface area contributed by atoms with Crippen LogP contribution in [0.1, 0.15) is 31.7 Å². The van der Waals surface area contributed by atoms with E-state index in [0.29, 0.717) is 32.5 Å². The molecule has 3 heterocycles. The number of nitrogens with zero attached hydrogens (tertiary/aromatic N) is 4. The molecule has 0 aliphatic carbocycles. The highest BCUT2D eigenvalue weighted by Gasteiger charge is 2.35. The van der Waals surface area contributed by atoms with E-state index in [4.69, 9.17) is 5.11 Å². The first-order valence-electron chi connectivity index (χ1n) is 8.20. The second-order valence-corrected chi connectivity index (χ2v) is 6.28. The van der Waals surface area contributed by atoms with Crippen molar-refractivity contribution in [3.05, 3.63) is 17.8 Å². The van der Waals surface area contributed by atoms with Crippen molar-refractivity contribution in [2.45, 2.75) is 38.9 Å². The SMILES string of the molecule is CCn1cc2c(C(F)(F)F)cc(N3CCC(CC(=O)O)CC3)nc2n1. The predicted octanol–water partition coefficient (Wildman–Crippen LogP) is 3.16. The molecule has 0 atom stereocenters. The average molecular weight is 356 g/mol. The Hall–Kier alpha value is -2.32. The molecule has 1 saturated heterocycles. The van der Waals surface area contributed by atoms with Crippen molar-refractivity contribution in [2.24, 2.45) is 5.92 Å². The molecule has 0 saturated carbocycles. The summed E-state index contributed by atoms with van der Waals surface area (Å²) in [6.07, 6.45) is -1.78. The van der Waals surface area contributed by atoms with Gasteiger partial charge in [0.05, 0.1) is 10.9 Å². The van der Waals surface area contributed by atoms with Crippen LogP contribution in [0.5, 0.6) is 0 Å². The van der Waals surface area contributed by atoms with E-state index in [9.17, 15) is 18.0 Å². The average Bonchev–Trinajstić information content (AvgIpc) is 2.96. The van der Waals surface area contributed by atoms with E-state index in [0.717, 1.165) is 6.07 Å². The van der Waals surface area contributed by atoms with Crippen LogP contribution >= 0.6 is 0 Å². The molecule has 136 valence electrons. The summed E-state index contributed by atoms with van der Waals surface area (Å²) in [6.45, 7) is 3.24. The Balaban J connectivity index is 1.91. The number of aliphatic carboxylic acids is 1. The van der Waals surface area contributed by atoms with Crippen LogP contribution in [0.3, 0.4) is 0 Å². The summed E-state index contributed by atoms with van der Waals surface area (Å²) < 4.78 is 41.7. The van der Waals surface area contributed by atoms with Gasteiger partial charge in [-0.25, -0.2) is 4.98 Å². The van der Waals surface area contributed by atoms with Crippen LogP contribution in [0.15, 0.2) is 12.3 Å². The van der Waals surface area contributed by atoms with Gasteiger partial charge in [0, 0.05) is 32.3 Å². The van der Waals surface area contributed by atoms with Crippen LogP contribution in [0, 0.1) is 5.92 Å². The third-order valence-corrected chi connectivity index (χ3v) is 4.56. The van der Waals surface area contributed by atoms with Gasteiger partial charge in [-0.3, -0.25) is 9.48 Å². The fourth-order valence-corrected chi connectivity index (χ4v) is 3.20. The zero-order chi connectivity index (χ0) is 18.2. The van der Waals surface area contributed by atoms with Crippen LogP contribution in [-0.4, -0.2) is 38.9 Å². The number of aromatic nitrogens is 3. The number of carbonyl (C=O) groups is 1. The van der Waals surface area contributed by atoms with Gasteiger partial charge in [0.25, 0.3) is 0 Å². The predicted molar refractivity (Wildman–Crippen MR) is 85.4 cm³/mol. The van der Waals surface area contributed by atoms with Crippen LogP contribution in [0.4, 0.5) is 19.0 Å². The van der Waals surface area contributed by atoms with Crippen LogP contribution in [0.2, 0.25) is 0 Å². The fraction of sp³-hybridized carbons (Fsp3) is 0.562. The lowest BCUT2D eigenvalue weighted by Gasteiger charge is -2.32. The molecule has 3 rings (SSSR count). The monoisotopic (exact) mass is 356 g/mol. The first-order chi connectivity index (χ1) is 11.8. The zero-order valence-electron chi connectivity index (χ0n) is 13.8. The molecule has 0 unspecified atom stereocenters. The zero-order valence-corrected chi connectivity index (χ0v) is 13.8. The molecule has 2 aromatic heterocycles. The number of hydrogen-bond donors (Lipinski definition) is 1. The maximum Gasteiger partial charge on any atom is 0.417 e. The summed E-state index contributed by atoms with van der Waals surface area (Å²) in [7, 11) is 0. The summed E-state index contributed by atoms with van der Waals surface area (Å²) >= 11 is 0. The molecule has 1 aliphatic rings. The molecular weight excluding hydrogens is 337 g/mol. The highest BCUT2D eigenvalue weighted by molar-refractivity contribution is 5.81. The Bertz CT molecular complexity index is 780. The van der Waals surface area contributed by atoms with Gasteiger partial charge < -0.3 is 10.0 Å². The number of alkyl halides is 3. The minimum atomic E-state index is -4.49. The molecule has 0 amide bonds. The Morgan fingerprint density at radius 2 is 2.04 bits per heavy atom. The van der Waals surface area contributed by atoms with E-state index in [2.05, 4.69) is 10.1 Å². The molecule has 1 N–H and O–H groups in total. The maximum absolute atomic E-state index is 13.4. The third kappa shape index (κ3) is 3.69. The standard InChI is InChI=1S/C16H19F3N4O2/c1-2-23-9-11-12(16(17,18)19)8-13(20-15(11)21-23)22-5-3-10(4-6-22)7-14(24)25/h8-10H,2-7H2,1H3,(H,24,25). The number of aryl methyl sites for hydroxylation is 1. The van der Waals surface area contributed by atoms with E-state index in [1.54, 1.807) is 11.8 Å².